The number of carbonyl (C=O) groups is 1. The lowest BCUT2D eigenvalue weighted by Gasteiger charge is -2.17. The van der Waals surface area contributed by atoms with E-state index in [0.29, 0.717) is 13.2 Å². The van der Waals surface area contributed by atoms with E-state index in [0.717, 1.165) is 12.1 Å². The van der Waals surface area contributed by atoms with E-state index in [4.69, 9.17) is 9.47 Å². The van der Waals surface area contributed by atoms with E-state index in [9.17, 15) is 4.79 Å². The Labute approximate surface area is 114 Å². The predicted molar refractivity (Wildman–Crippen MR) is 74.0 cm³/mol. The van der Waals surface area contributed by atoms with Crippen molar-refractivity contribution in [3.63, 3.8) is 0 Å². The molecule has 1 amide bonds. The molecular weight excluding hydrogens is 244 g/mol. The van der Waals surface area contributed by atoms with Crippen LogP contribution in [0.5, 0.6) is 0 Å². The molecule has 19 heavy (non-hydrogen) atoms. The van der Waals surface area contributed by atoms with E-state index in [1.807, 2.05) is 37.3 Å². The maximum Gasteiger partial charge on any atom is 0.407 e. The van der Waals surface area contributed by atoms with Crippen LogP contribution in [0.3, 0.4) is 0 Å². The second kappa shape index (κ2) is 9.35. The van der Waals surface area contributed by atoms with Crippen molar-refractivity contribution in [2.75, 3.05) is 26.8 Å². The zero-order valence-electron chi connectivity index (χ0n) is 11.5. The second-order valence-corrected chi connectivity index (χ2v) is 4.15. The van der Waals surface area contributed by atoms with Gasteiger partial charge in [0, 0.05) is 19.7 Å². The zero-order chi connectivity index (χ0) is 13.9. The summed E-state index contributed by atoms with van der Waals surface area (Å²) in [6, 6.07) is 9.68. The molecule has 1 rings (SSSR count). The van der Waals surface area contributed by atoms with Crippen molar-refractivity contribution < 1.29 is 14.3 Å². The Bertz CT molecular complexity index is 351. The summed E-state index contributed by atoms with van der Waals surface area (Å²) in [4.78, 5) is 11.5. The number of likely N-dealkylation sites (N-methyl/N-ethyl adjacent to an activating group) is 1. The smallest absolute Gasteiger partial charge is 0.407 e. The molecule has 0 spiro atoms. The van der Waals surface area contributed by atoms with Crippen LogP contribution in [0, 0.1) is 0 Å². The number of ether oxygens (including phenoxy) is 2. The third kappa shape index (κ3) is 6.79. The molecule has 0 aliphatic carbocycles. The molecule has 1 atom stereocenters. The number of benzene rings is 1. The van der Waals surface area contributed by atoms with E-state index in [1.54, 1.807) is 7.11 Å². The minimum Gasteiger partial charge on any atom is -0.445 e. The molecule has 1 aromatic rings. The fourth-order valence-electron chi connectivity index (χ4n) is 1.66. The van der Waals surface area contributed by atoms with Crippen molar-refractivity contribution in [3.8, 4) is 0 Å². The first-order valence-electron chi connectivity index (χ1n) is 6.43. The number of hydrogen-bond acceptors (Lipinski definition) is 4. The van der Waals surface area contributed by atoms with E-state index in [-0.39, 0.29) is 12.6 Å². The van der Waals surface area contributed by atoms with Gasteiger partial charge in [0.1, 0.15) is 6.61 Å². The first-order valence-corrected chi connectivity index (χ1v) is 6.43. The van der Waals surface area contributed by atoms with Crippen LogP contribution < -0.4 is 10.6 Å². The summed E-state index contributed by atoms with van der Waals surface area (Å²) in [5.41, 5.74) is 0.970. The topological polar surface area (TPSA) is 59.6 Å². The number of carbonyl (C=O) groups excluding carboxylic acids is 1. The standard InChI is InChI=1S/C14H22N2O3/c1-3-15-13(11-18-2)9-16-14(17)19-10-12-7-5-4-6-8-12/h4-8,13,15H,3,9-11H2,1-2H3,(H,16,17)/t13-/m0/s1. The Morgan fingerprint density at radius 2 is 2.05 bits per heavy atom. The summed E-state index contributed by atoms with van der Waals surface area (Å²) in [7, 11) is 1.64. The molecule has 0 saturated carbocycles. The maximum atomic E-state index is 11.5. The Morgan fingerprint density at radius 3 is 2.68 bits per heavy atom. The van der Waals surface area contributed by atoms with Gasteiger partial charge in [-0.2, -0.15) is 0 Å². The number of methoxy groups -OCH3 is 1. The molecule has 0 heterocycles. The Morgan fingerprint density at radius 1 is 1.32 bits per heavy atom. The van der Waals surface area contributed by atoms with E-state index >= 15 is 0 Å². The van der Waals surface area contributed by atoms with Crippen molar-refractivity contribution in [1.29, 1.82) is 0 Å². The van der Waals surface area contributed by atoms with Crippen LogP contribution in [0.1, 0.15) is 12.5 Å². The molecule has 5 heteroatoms. The van der Waals surface area contributed by atoms with Crippen LogP contribution in [0.15, 0.2) is 30.3 Å². The first kappa shape index (κ1) is 15.5. The number of alkyl carbamates (subject to hydrolysis) is 1. The van der Waals surface area contributed by atoms with Crippen molar-refractivity contribution in [2.24, 2.45) is 0 Å². The van der Waals surface area contributed by atoms with E-state index in [2.05, 4.69) is 10.6 Å². The van der Waals surface area contributed by atoms with Crippen LogP contribution in [-0.2, 0) is 16.1 Å². The molecule has 0 fully saturated rings. The molecule has 1 aromatic carbocycles. The lowest BCUT2D eigenvalue weighted by molar-refractivity contribution is 0.132. The zero-order valence-corrected chi connectivity index (χ0v) is 11.5. The summed E-state index contributed by atoms with van der Waals surface area (Å²) in [5.74, 6) is 0. The van der Waals surface area contributed by atoms with Crippen molar-refractivity contribution in [2.45, 2.75) is 19.6 Å². The summed E-state index contributed by atoms with van der Waals surface area (Å²) in [6.45, 7) is 4.15. The van der Waals surface area contributed by atoms with Gasteiger partial charge in [-0.05, 0) is 12.1 Å². The summed E-state index contributed by atoms with van der Waals surface area (Å²) in [5, 5.41) is 5.94. The third-order valence-electron chi connectivity index (χ3n) is 2.57. The van der Waals surface area contributed by atoms with Crippen LogP contribution in [0.2, 0.25) is 0 Å². The highest BCUT2D eigenvalue weighted by Gasteiger charge is 2.09. The molecule has 0 aromatic heterocycles. The van der Waals surface area contributed by atoms with Gasteiger partial charge in [-0.15, -0.1) is 0 Å². The lowest BCUT2D eigenvalue weighted by Crippen LogP contribution is -2.43. The Balaban J connectivity index is 2.23. The molecule has 0 aliphatic rings. The highest BCUT2D eigenvalue weighted by molar-refractivity contribution is 5.67. The quantitative estimate of drug-likeness (QED) is 0.749. The third-order valence-corrected chi connectivity index (χ3v) is 2.57. The molecular formula is C14H22N2O3. The number of rotatable bonds is 8. The average molecular weight is 266 g/mol. The Kier molecular flexibility index (Phi) is 7.62. The van der Waals surface area contributed by atoms with Gasteiger partial charge in [0.2, 0.25) is 0 Å². The van der Waals surface area contributed by atoms with Gasteiger partial charge >= 0.3 is 6.09 Å². The van der Waals surface area contributed by atoms with Gasteiger partial charge in [-0.3, -0.25) is 0 Å². The number of nitrogens with one attached hydrogen (secondary N) is 2. The highest BCUT2D eigenvalue weighted by Crippen LogP contribution is 2.00. The van der Waals surface area contributed by atoms with Gasteiger partial charge in [0.05, 0.1) is 6.61 Å². The average Bonchev–Trinajstić information content (AvgIpc) is 2.44. The van der Waals surface area contributed by atoms with Crippen molar-refractivity contribution >= 4 is 6.09 Å². The van der Waals surface area contributed by atoms with Crippen molar-refractivity contribution in [3.05, 3.63) is 35.9 Å². The summed E-state index contributed by atoms with van der Waals surface area (Å²) >= 11 is 0. The van der Waals surface area contributed by atoms with E-state index in [1.165, 1.54) is 0 Å². The van der Waals surface area contributed by atoms with E-state index < -0.39 is 6.09 Å². The molecule has 0 saturated heterocycles. The summed E-state index contributed by atoms with van der Waals surface area (Å²) < 4.78 is 10.2. The second-order valence-electron chi connectivity index (χ2n) is 4.15. The van der Waals surface area contributed by atoms with Crippen LogP contribution >= 0.6 is 0 Å². The van der Waals surface area contributed by atoms with Gasteiger partial charge in [-0.1, -0.05) is 37.3 Å². The molecule has 0 unspecified atom stereocenters. The highest BCUT2D eigenvalue weighted by atomic mass is 16.5. The SMILES string of the molecule is CCN[C@@H](CNC(=O)OCc1ccccc1)COC. The number of hydrogen-bond donors (Lipinski definition) is 2. The van der Waals surface area contributed by atoms with Gasteiger partial charge in [0.15, 0.2) is 0 Å². The van der Waals surface area contributed by atoms with Crippen LogP contribution in [-0.4, -0.2) is 38.9 Å². The molecule has 0 aliphatic heterocycles. The molecule has 0 radical (unpaired) electrons. The largest absolute Gasteiger partial charge is 0.445 e. The summed E-state index contributed by atoms with van der Waals surface area (Å²) in [6.07, 6.45) is -0.414. The molecule has 106 valence electrons. The van der Waals surface area contributed by atoms with Gasteiger partial charge < -0.3 is 20.1 Å². The minimum atomic E-state index is -0.414. The fourth-order valence-corrected chi connectivity index (χ4v) is 1.66. The van der Waals surface area contributed by atoms with Crippen LogP contribution in [0.25, 0.3) is 0 Å². The normalized spacial score (nSPS) is 11.9. The van der Waals surface area contributed by atoms with Gasteiger partial charge in [-0.25, -0.2) is 4.79 Å². The molecule has 0 bridgehead atoms. The number of amides is 1. The predicted octanol–water partition coefficient (Wildman–Crippen LogP) is 1.54. The maximum absolute atomic E-state index is 11.5. The van der Waals surface area contributed by atoms with Crippen molar-refractivity contribution in [1.82, 2.24) is 10.6 Å². The van der Waals surface area contributed by atoms with Gasteiger partial charge in [0.25, 0.3) is 0 Å². The lowest BCUT2D eigenvalue weighted by atomic mass is 10.2. The molecule has 2 N–H and O–H groups in total. The van der Waals surface area contributed by atoms with Crippen LogP contribution in [0.4, 0.5) is 4.79 Å². The Hall–Kier alpha value is -1.59. The monoisotopic (exact) mass is 266 g/mol. The molecule has 5 nitrogen and oxygen atoms in total. The first-order chi connectivity index (χ1) is 9.26. The minimum absolute atomic E-state index is 0.0966. The fraction of sp³-hybridized carbons (Fsp3) is 0.500.